The van der Waals surface area contributed by atoms with E-state index in [-0.39, 0.29) is 11.2 Å². The van der Waals surface area contributed by atoms with Crippen molar-refractivity contribution in [2.24, 2.45) is 12.5 Å². The standard InChI is InChI=1S/C18H19N3O3S/c1-18(2)7-9-12(10(22)8-18)13(11-5-4-6-25-11)14-15(19-9)21(3)17(24)20-16(14)23/h4-6,13,19H,7-8H2,1-3H3,(H,20,23,24)/t13-/m1/s1. The first-order chi connectivity index (χ1) is 11.8. The minimum absolute atomic E-state index is 0.0658. The van der Waals surface area contributed by atoms with E-state index in [9.17, 15) is 14.4 Å². The van der Waals surface area contributed by atoms with Crippen LogP contribution >= 0.6 is 11.3 Å². The summed E-state index contributed by atoms with van der Waals surface area (Å²) in [6.07, 6.45) is 1.16. The highest BCUT2D eigenvalue weighted by Crippen LogP contribution is 2.48. The number of carbonyl (C=O) groups excluding carboxylic acids is 1. The van der Waals surface area contributed by atoms with E-state index in [1.54, 1.807) is 7.05 Å². The molecule has 0 fully saturated rings. The van der Waals surface area contributed by atoms with Gasteiger partial charge in [0, 0.05) is 29.6 Å². The molecule has 1 aliphatic carbocycles. The lowest BCUT2D eigenvalue weighted by Crippen LogP contribution is -2.41. The average molecular weight is 357 g/mol. The number of ketones is 1. The lowest BCUT2D eigenvalue weighted by molar-refractivity contribution is -0.118. The second-order valence-corrected chi connectivity index (χ2v) is 8.47. The normalized spacial score (nSPS) is 21.6. The summed E-state index contributed by atoms with van der Waals surface area (Å²) < 4.78 is 1.41. The number of anilines is 1. The summed E-state index contributed by atoms with van der Waals surface area (Å²) in [5.74, 6) is 0.123. The summed E-state index contributed by atoms with van der Waals surface area (Å²) in [7, 11) is 1.62. The van der Waals surface area contributed by atoms with Crippen LogP contribution in [0.4, 0.5) is 5.82 Å². The van der Waals surface area contributed by atoms with Crippen LogP contribution in [0, 0.1) is 5.41 Å². The molecule has 6 nitrogen and oxygen atoms in total. The smallest absolute Gasteiger partial charge is 0.329 e. The third-order valence-corrected chi connectivity index (χ3v) is 5.89. The van der Waals surface area contributed by atoms with E-state index >= 15 is 0 Å². The maximum absolute atomic E-state index is 12.9. The van der Waals surface area contributed by atoms with Gasteiger partial charge < -0.3 is 5.32 Å². The number of rotatable bonds is 1. The predicted octanol–water partition coefficient (Wildman–Crippen LogP) is 2.34. The maximum atomic E-state index is 12.9. The second-order valence-electron chi connectivity index (χ2n) is 7.49. The van der Waals surface area contributed by atoms with Crippen LogP contribution in [0.3, 0.4) is 0 Å². The first-order valence-corrected chi connectivity index (χ1v) is 9.06. The Kier molecular flexibility index (Phi) is 3.40. The van der Waals surface area contributed by atoms with Crippen LogP contribution in [0.15, 0.2) is 38.4 Å². The number of Topliss-reactive ketones (excluding diaryl/α,β-unsaturated/α-hetero) is 1. The Morgan fingerprint density at radius 2 is 2.00 bits per heavy atom. The molecule has 0 radical (unpaired) electrons. The minimum Gasteiger partial charge on any atom is -0.344 e. The summed E-state index contributed by atoms with van der Waals surface area (Å²) >= 11 is 1.52. The fourth-order valence-corrected chi connectivity index (χ4v) is 4.71. The average Bonchev–Trinajstić information content (AvgIpc) is 3.03. The highest BCUT2D eigenvalue weighted by Gasteiger charge is 2.42. The summed E-state index contributed by atoms with van der Waals surface area (Å²) in [5, 5.41) is 5.17. The molecule has 4 rings (SSSR count). The lowest BCUT2D eigenvalue weighted by atomic mass is 9.70. The molecule has 130 valence electrons. The van der Waals surface area contributed by atoms with Crippen molar-refractivity contribution >= 4 is 22.9 Å². The number of carbonyl (C=O) groups is 1. The Hall–Kier alpha value is -2.41. The number of aromatic nitrogens is 2. The first kappa shape index (κ1) is 16.1. The number of hydrogen-bond donors (Lipinski definition) is 2. The van der Waals surface area contributed by atoms with Crippen LogP contribution in [-0.4, -0.2) is 15.3 Å². The minimum atomic E-state index is -0.466. The van der Waals surface area contributed by atoms with Crippen LogP contribution in [0.1, 0.15) is 43.0 Å². The van der Waals surface area contributed by atoms with E-state index in [2.05, 4.69) is 24.1 Å². The zero-order chi connectivity index (χ0) is 17.9. The van der Waals surface area contributed by atoms with Crippen molar-refractivity contribution in [3.8, 4) is 0 Å². The molecule has 0 spiro atoms. The fourth-order valence-electron chi connectivity index (χ4n) is 3.87. The molecule has 1 atom stereocenters. The van der Waals surface area contributed by atoms with Crippen molar-refractivity contribution in [2.75, 3.05) is 5.32 Å². The fraction of sp³-hybridized carbons (Fsp3) is 0.389. The lowest BCUT2D eigenvalue weighted by Gasteiger charge is -2.38. The third-order valence-electron chi connectivity index (χ3n) is 4.95. The number of nitrogens with zero attached hydrogens (tertiary/aromatic N) is 1. The molecular weight excluding hydrogens is 338 g/mol. The molecule has 0 aromatic carbocycles. The predicted molar refractivity (Wildman–Crippen MR) is 97.1 cm³/mol. The largest absolute Gasteiger partial charge is 0.344 e. The zero-order valence-corrected chi connectivity index (χ0v) is 15.1. The van der Waals surface area contributed by atoms with E-state index in [1.165, 1.54) is 15.9 Å². The molecule has 7 heteroatoms. The SMILES string of the molecule is Cn1c2c(c(=O)[nH]c1=O)[C@H](c1cccs1)C1=C(CC(C)(C)CC1=O)N2. The highest BCUT2D eigenvalue weighted by molar-refractivity contribution is 7.10. The topological polar surface area (TPSA) is 84.0 Å². The summed E-state index contributed by atoms with van der Waals surface area (Å²) in [6.45, 7) is 4.12. The molecule has 2 aromatic heterocycles. The molecule has 25 heavy (non-hydrogen) atoms. The van der Waals surface area contributed by atoms with Gasteiger partial charge in [-0.15, -0.1) is 11.3 Å². The van der Waals surface area contributed by atoms with E-state index in [1.807, 2.05) is 17.5 Å². The van der Waals surface area contributed by atoms with Gasteiger partial charge in [0.1, 0.15) is 5.82 Å². The Morgan fingerprint density at radius 3 is 2.68 bits per heavy atom. The Balaban J connectivity index is 2.04. The number of allylic oxidation sites excluding steroid dienone is 2. The van der Waals surface area contributed by atoms with E-state index in [0.717, 1.165) is 10.6 Å². The van der Waals surface area contributed by atoms with Crippen LogP contribution < -0.4 is 16.6 Å². The quantitative estimate of drug-likeness (QED) is 0.820. The van der Waals surface area contributed by atoms with Gasteiger partial charge in [0.15, 0.2) is 5.78 Å². The van der Waals surface area contributed by atoms with Crippen LogP contribution in [-0.2, 0) is 11.8 Å². The van der Waals surface area contributed by atoms with Gasteiger partial charge in [0.2, 0.25) is 0 Å². The van der Waals surface area contributed by atoms with Crippen LogP contribution in [0.5, 0.6) is 0 Å². The van der Waals surface area contributed by atoms with Gasteiger partial charge in [0.25, 0.3) is 5.56 Å². The van der Waals surface area contributed by atoms with Gasteiger partial charge in [-0.1, -0.05) is 19.9 Å². The van der Waals surface area contributed by atoms with Crippen molar-refractivity contribution in [1.29, 1.82) is 0 Å². The number of H-pyrrole nitrogens is 1. The van der Waals surface area contributed by atoms with Gasteiger partial charge >= 0.3 is 5.69 Å². The molecule has 1 aliphatic heterocycles. The first-order valence-electron chi connectivity index (χ1n) is 8.18. The molecule has 2 aromatic rings. The molecule has 0 saturated heterocycles. The van der Waals surface area contributed by atoms with Crippen molar-refractivity contribution < 1.29 is 4.79 Å². The number of aromatic amines is 1. The Labute approximate surface area is 148 Å². The van der Waals surface area contributed by atoms with E-state index < -0.39 is 17.2 Å². The molecule has 0 amide bonds. The van der Waals surface area contributed by atoms with Crippen molar-refractivity contribution in [3.05, 3.63) is 60.1 Å². The molecule has 2 N–H and O–H groups in total. The van der Waals surface area contributed by atoms with Gasteiger partial charge in [0.05, 0.1) is 11.5 Å². The number of thiophene rings is 1. The van der Waals surface area contributed by atoms with E-state index in [0.29, 0.717) is 29.8 Å². The summed E-state index contributed by atoms with van der Waals surface area (Å²) in [6, 6.07) is 3.85. The van der Waals surface area contributed by atoms with Crippen molar-refractivity contribution in [1.82, 2.24) is 9.55 Å². The van der Waals surface area contributed by atoms with E-state index in [4.69, 9.17) is 0 Å². The third kappa shape index (κ3) is 2.41. The monoisotopic (exact) mass is 357 g/mol. The molecule has 0 saturated carbocycles. The molecule has 0 unspecified atom stereocenters. The number of hydrogen-bond acceptors (Lipinski definition) is 5. The van der Waals surface area contributed by atoms with Crippen molar-refractivity contribution in [2.45, 2.75) is 32.6 Å². The van der Waals surface area contributed by atoms with Crippen LogP contribution in [0.25, 0.3) is 0 Å². The van der Waals surface area contributed by atoms with Crippen LogP contribution in [0.2, 0.25) is 0 Å². The van der Waals surface area contributed by atoms with Gasteiger partial charge in [-0.2, -0.15) is 0 Å². The number of fused-ring (bicyclic) bond motifs is 1. The molecule has 0 bridgehead atoms. The Bertz CT molecular complexity index is 1020. The molecular formula is C18H19N3O3S. The molecule has 3 heterocycles. The van der Waals surface area contributed by atoms with Gasteiger partial charge in [-0.3, -0.25) is 19.1 Å². The van der Waals surface area contributed by atoms with Crippen molar-refractivity contribution in [3.63, 3.8) is 0 Å². The highest BCUT2D eigenvalue weighted by atomic mass is 32.1. The Morgan fingerprint density at radius 1 is 1.24 bits per heavy atom. The maximum Gasteiger partial charge on any atom is 0.329 e. The summed E-state index contributed by atoms with van der Waals surface area (Å²) in [4.78, 5) is 40.9. The summed E-state index contributed by atoms with van der Waals surface area (Å²) in [5.41, 5.74) is 0.878. The second kappa shape index (κ2) is 5.29. The molecule has 2 aliphatic rings. The van der Waals surface area contributed by atoms with Gasteiger partial charge in [-0.05, 0) is 23.3 Å². The number of nitrogens with one attached hydrogen (secondary N) is 2. The zero-order valence-electron chi connectivity index (χ0n) is 14.3. The van der Waals surface area contributed by atoms with Gasteiger partial charge in [-0.25, -0.2) is 4.79 Å².